The van der Waals surface area contributed by atoms with Gasteiger partial charge in [0.15, 0.2) is 0 Å². The van der Waals surface area contributed by atoms with E-state index in [1.165, 1.54) is 17.1 Å². The topological polar surface area (TPSA) is 32.7 Å². The zero-order chi connectivity index (χ0) is 17.2. The first kappa shape index (κ1) is 15.5. The molecule has 124 valence electrons. The molecule has 0 aromatic heterocycles. The van der Waals surface area contributed by atoms with Gasteiger partial charge in [0.2, 0.25) is 0 Å². The fourth-order valence-corrected chi connectivity index (χ4v) is 3.26. The smallest absolute Gasteiger partial charge is 0.250 e. The summed E-state index contributed by atoms with van der Waals surface area (Å²) in [7, 11) is 0. The third-order valence-corrected chi connectivity index (χ3v) is 4.53. The maximum atomic E-state index is 13.1. The molecule has 25 heavy (non-hydrogen) atoms. The molecule has 2 atom stereocenters. The van der Waals surface area contributed by atoms with Gasteiger partial charge in [0.25, 0.3) is 5.91 Å². The summed E-state index contributed by atoms with van der Waals surface area (Å²) in [5, 5.41) is 6.16. The molecule has 1 amide bonds. The van der Waals surface area contributed by atoms with E-state index in [2.05, 4.69) is 5.10 Å². The van der Waals surface area contributed by atoms with Gasteiger partial charge in [0.05, 0.1) is 18.2 Å². The van der Waals surface area contributed by atoms with E-state index in [9.17, 15) is 9.18 Å². The number of nitrogens with zero attached hydrogens (tertiary/aromatic N) is 2. The second-order valence-electron chi connectivity index (χ2n) is 6.19. The normalized spacial score (nSPS) is 21.9. The number of hydrogen-bond donors (Lipinski definition) is 0. The van der Waals surface area contributed by atoms with Crippen molar-refractivity contribution in [2.45, 2.75) is 6.54 Å². The summed E-state index contributed by atoms with van der Waals surface area (Å²) in [6.45, 7) is 0.330. The lowest BCUT2D eigenvalue weighted by Crippen LogP contribution is -2.43. The molecule has 2 aliphatic rings. The molecule has 0 spiro atoms. The van der Waals surface area contributed by atoms with Gasteiger partial charge in [-0.3, -0.25) is 4.79 Å². The second-order valence-corrected chi connectivity index (χ2v) is 6.19. The highest BCUT2D eigenvalue weighted by Gasteiger charge is 2.37. The van der Waals surface area contributed by atoms with Crippen LogP contribution >= 0.6 is 0 Å². The van der Waals surface area contributed by atoms with E-state index < -0.39 is 0 Å². The van der Waals surface area contributed by atoms with Crippen LogP contribution in [0.2, 0.25) is 0 Å². The minimum Gasteiger partial charge on any atom is -0.272 e. The lowest BCUT2D eigenvalue weighted by Gasteiger charge is -2.34. The van der Waals surface area contributed by atoms with Crippen molar-refractivity contribution in [2.24, 2.45) is 16.9 Å². The van der Waals surface area contributed by atoms with Gasteiger partial charge in [-0.1, -0.05) is 66.8 Å². The van der Waals surface area contributed by atoms with Gasteiger partial charge in [0, 0.05) is 5.92 Å². The molecule has 0 fully saturated rings. The molecule has 0 saturated heterocycles. The highest BCUT2D eigenvalue weighted by atomic mass is 19.1. The summed E-state index contributed by atoms with van der Waals surface area (Å²) in [5.41, 5.74) is 2.74. The largest absolute Gasteiger partial charge is 0.272 e. The zero-order valence-corrected chi connectivity index (χ0v) is 13.5. The van der Waals surface area contributed by atoms with Crippen LogP contribution in [0, 0.1) is 17.7 Å². The van der Waals surface area contributed by atoms with E-state index >= 15 is 0 Å². The summed E-state index contributed by atoms with van der Waals surface area (Å²) < 4.78 is 13.1. The Morgan fingerprint density at radius 2 is 1.60 bits per heavy atom. The molecule has 2 aromatic carbocycles. The molecule has 3 nitrogen and oxygen atoms in total. The number of rotatable bonds is 3. The number of amides is 1. The van der Waals surface area contributed by atoms with E-state index in [0.717, 1.165) is 16.8 Å². The van der Waals surface area contributed by atoms with Crippen LogP contribution in [0.25, 0.3) is 0 Å². The Hall–Kier alpha value is -3.01. The van der Waals surface area contributed by atoms with Gasteiger partial charge in [0.1, 0.15) is 5.82 Å². The predicted molar refractivity (Wildman–Crippen MR) is 95.2 cm³/mol. The first-order valence-electron chi connectivity index (χ1n) is 8.27. The molecule has 0 bridgehead atoms. The van der Waals surface area contributed by atoms with E-state index in [4.69, 9.17) is 0 Å². The summed E-state index contributed by atoms with van der Waals surface area (Å²) in [4.78, 5) is 12.9. The summed E-state index contributed by atoms with van der Waals surface area (Å²) in [6, 6.07) is 16.1. The summed E-state index contributed by atoms with van der Waals surface area (Å²) in [6.07, 6.45) is 7.83. The SMILES string of the molecule is O=C1[C@@H]2C=CC=C[C@@H]2C(c2ccccc2)=NN1Cc1ccc(F)cc1. The van der Waals surface area contributed by atoms with Crippen molar-refractivity contribution in [3.8, 4) is 0 Å². The molecule has 0 radical (unpaired) electrons. The standard InChI is InChI=1S/C21H17FN2O/c22-17-12-10-15(11-13-17)14-24-21(25)19-9-5-4-8-18(19)20(23-24)16-6-2-1-3-7-16/h1-13,18-19H,14H2/t18-,19+/m0/s1. The summed E-state index contributed by atoms with van der Waals surface area (Å²) in [5.74, 6) is -0.625. The van der Waals surface area contributed by atoms with Crippen LogP contribution in [0.4, 0.5) is 4.39 Å². The van der Waals surface area contributed by atoms with Crippen LogP contribution in [-0.2, 0) is 11.3 Å². The third kappa shape index (κ3) is 3.03. The van der Waals surface area contributed by atoms with Crippen molar-refractivity contribution >= 4 is 11.6 Å². The Labute approximate surface area is 145 Å². The van der Waals surface area contributed by atoms with Crippen LogP contribution in [-0.4, -0.2) is 16.6 Å². The molecule has 0 unspecified atom stereocenters. The molecule has 0 N–H and O–H groups in total. The molecule has 0 saturated carbocycles. The van der Waals surface area contributed by atoms with Gasteiger partial charge in [-0.15, -0.1) is 0 Å². The quantitative estimate of drug-likeness (QED) is 0.838. The maximum Gasteiger partial charge on any atom is 0.250 e. The average molecular weight is 332 g/mol. The first-order valence-corrected chi connectivity index (χ1v) is 8.27. The minimum absolute atomic E-state index is 0.0328. The maximum absolute atomic E-state index is 13.1. The molecule has 1 heterocycles. The monoisotopic (exact) mass is 332 g/mol. The molecule has 2 aromatic rings. The number of fused-ring (bicyclic) bond motifs is 1. The lowest BCUT2D eigenvalue weighted by molar-refractivity contribution is -0.136. The minimum atomic E-state index is -0.289. The number of carbonyl (C=O) groups is 1. The highest BCUT2D eigenvalue weighted by molar-refractivity contribution is 6.08. The van der Waals surface area contributed by atoms with Gasteiger partial charge in [-0.25, -0.2) is 9.40 Å². The molecule has 1 aliphatic carbocycles. The van der Waals surface area contributed by atoms with Crippen molar-refractivity contribution in [2.75, 3.05) is 0 Å². The van der Waals surface area contributed by atoms with Crippen molar-refractivity contribution in [1.82, 2.24) is 5.01 Å². The Bertz CT molecular complexity index is 869. The zero-order valence-electron chi connectivity index (χ0n) is 13.5. The number of hydrogen-bond acceptors (Lipinski definition) is 2. The lowest BCUT2D eigenvalue weighted by atomic mass is 9.80. The predicted octanol–water partition coefficient (Wildman–Crippen LogP) is 3.93. The van der Waals surface area contributed by atoms with Crippen molar-refractivity contribution in [3.05, 3.63) is 95.8 Å². The number of halogens is 1. The fourth-order valence-electron chi connectivity index (χ4n) is 3.26. The Morgan fingerprint density at radius 3 is 2.32 bits per heavy atom. The number of allylic oxidation sites excluding steroid dienone is 3. The van der Waals surface area contributed by atoms with Crippen LogP contribution < -0.4 is 0 Å². The van der Waals surface area contributed by atoms with E-state index in [1.807, 2.05) is 54.6 Å². The average Bonchev–Trinajstić information content (AvgIpc) is 2.66. The van der Waals surface area contributed by atoms with Crippen LogP contribution in [0.1, 0.15) is 11.1 Å². The second kappa shape index (κ2) is 6.48. The molecular weight excluding hydrogens is 315 g/mol. The van der Waals surface area contributed by atoms with Crippen LogP contribution in [0.15, 0.2) is 84.0 Å². The third-order valence-electron chi connectivity index (χ3n) is 4.53. The van der Waals surface area contributed by atoms with Crippen molar-refractivity contribution < 1.29 is 9.18 Å². The Morgan fingerprint density at radius 1 is 0.920 bits per heavy atom. The van der Waals surface area contributed by atoms with Crippen molar-refractivity contribution in [3.63, 3.8) is 0 Å². The molecule has 1 aliphatic heterocycles. The molecule has 4 rings (SSSR count). The first-order chi connectivity index (χ1) is 12.2. The highest BCUT2D eigenvalue weighted by Crippen LogP contribution is 2.31. The number of hydrazone groups is 1. The number of carbonyl (C=O) groups excluding carboxylic acids is 1. The van der Waals surface area contributed by atoms with Crippen LogP contribution in [0.5, 0.6) is 0 Å². The van der Waals surface area contributed by atoms with Crippen molar-refractivity contribution in [1.29, 1.82) is 0 Å². The van der Waals surface area contributed by atoms with Gasteiger partial charge in [-0.2, -0.15) is 5.10 Å². The number of benzene rings is 2. The summed E-state index contributed by atoms with van der Waals surface area (Å²) >= 11 is 0. The van der Waals surface area contributed by atoms with Gasteiger partial charge in [-0.05, 0) is 23.3 Å². The van der Waals surface area contributed by atoms with E-state index in [-0.39, 0.29) is 23.6 Å². The fraction of sp³-hybridized carbons (Fsp3) is 0.143. The van der Waals surface area contributed by atoms with Crippen LogP contribution in [0.3, 0.4) is 0 Å². The molecule has 4 heteroatoms. The van der Waals surface area contributed by atoms with E-state index in [0.29, 0.717) is 6.54 Å². The van der Waals surface area contributed by atoms with E-state index in [1.54, 1.807) is 12.1 Å². The Balaban J connectivity index is 1.72. The molecular formula is C21H17FN2O. The van der Waals surface area contributed by atoms with Gasteiger partial charge >= 0.3 is 0 Å². The Kier molecular flexibility index (Phi) is 4.02. The van der Waals surface area contributed by atoms with Gasteiger partial charge < -0.3 is 0 Å².